The van der Waals surface area contributed by atoms with E-state index in [1.165, 1.54) is 32.1 Å². The first-order valence-corrected chi connectivity index (χ1v) is 6.60. The maximum atomic E-state index is 12.3. The maximum Gasteiger partial charge on any atom is 0.225 e. The molecule has 3 fully saturated rings. The molecule has 3 aliphatic rings. The van der Waals surface area contributed by atoms with Crippen LogP contribution >= 0.6 is 0 Å². The number of amides is 1. The molecule has 0 aliphatic heterocycles. The predicted octanol–water partition coefficient (Wildman–Crippen LogP) is 2.43. The molecule has 2 unspecified atom stereocenters. The van der Waals surface area contributed by atoms with Gasteiger partial charge in [0.25, 0.3) is 0 Å². The first kappa shape index (κ1) is 9.68. The van der Waals surface area contributed by atoms with Gasteiger partial charge in [0.05, 0.1) is 0 Å². The average Bonchev–Trinajstić information content (AvgIpc) is 3.15. The third kappa shape index (κ3) is 1.79. The van der Waals surface area contributed by atoms with Gasteiger partial charge in [0.15, 0.2) is 0 Å². The lowest BCUT2D eigenvalue weighted by atomic mass is 10.0. The number of rotatable bonds is 4. The summed E-state index contributed by atoms with van der Waals surface area (Å²) in [5, 5.41) is 0. The summed E-state index contributed by atoms with van der Waals surface area (Å²) in [7, 11) is 0. The third-order valence-corrected chi connectivity index (χ3v) is 4.33. The fourth-order valence-electron chi connectivity index (χ4n) is 3.25. The molecule has 0 radical (unpaired) electrons. The van der Waals surface area contributed by atoms with Crippen LogP contribution in [0.15, 0.2) is 0 Å². The molecule has 0 heterocycles. The Kier molecular flexibility index (Phi) is 2.26. The Morgan fingerprint density at radius 3 is 2.40 bits per heavy atom. The van der Waals surface area contributed by atoms with Crippen LogP contribution in [0.25, 0.3) is 0 Å². The first-order valence-electron chi connectivity index (χ1n) is 6.60. The van der Waals surface area contributed by atoms with E-state index in [1.54, 1.807) is 0 Å². The highest BCUT2D eigenvalue weighted by molar-refractivity contribution is 5.80. The molecule has 0 aromatic heterocycles. The van der Waals surface area contributed by atoms with Crippen molar-refractivity contribution in [2.24, 2.45) is 17.8 Å². The smallest absolute Gasteiger partial charge is 0.225 e. The quantitative estimate of drug-likeness (QED) is 0.693. The normalized spacial score (nSPS) is 37.5. The first-order chi connectivity index (χ1) is 7.29. The Morgan fingerprint density at radius 1 is 1.20 bits per heavy atom. The van der Waals surface area contributed by atoms with E-state index in [0.717, 1.165) is 24.8 Å². The van der Waals surface area contributed by atoms with E-state index in [2.05, 4.69) is 11.8 Å². The van der Waals surface area contributed by atoms with Crippen LogP contribution in [0.1, 0.15) is 45.4 Å². The minimum absolute atomic E-state index is 0.404. The zero-order valence-electron chi connectivity index (χ0n) is 9.61. The number of nitrogens with zero attached hydrogens (tertiary/aromatic N) is 1. The fourth-order valence-corrected chi connectivity index (χ4v) is 3.25. The van der Waals surface area contributed by atoms with Crippen LogP contribution in [0, 0.1) is 17.8 Å². The molecule has 0 aromatic carbocycles. The molecule has 1 amide bonds. The third-order valence-electron chi connectivity index (χ3n) is 4.33. The lowest BCUT2D eigenvalue weighted by Crippen LogP contribution is -2.38. The summed E-state index contributed by atoms with van der Waals surface area (Å²) in [6.07, 6.45) is 7.45. The van der Waals surface area contributed by atoms with E-state index in [4.69, 9.17) is 0 Å². The lowest BCUT2D eigenvalue weighted by Gasteiger charge is -2.25. The molecular weight excluding hydrogens is 186 g/mol. The largest absolute Gasteiger partial charge is 0.339 e. The Hall–Kier alpha value is -0.530. The van der Waals surface area contributed by atoms with Crippen molar-refractivity contribution in [1.29, 1.82) is 0 Å². The molecule has 84 valence electrons. The average molecular weight is 207 g/mol. The second-order valence-corrected chi connectivity index (χ2v) is 5.69. The molecule has 0 aromatic rings. The van der Waals surface area contributed by atoms with Gasteiger partial charge in [-0.05, 0) is 50.4 Å². The van der Waals surface area contributed by atoms with Gasteiger partial charge in [-0.3, -0.25) is 4.79 Å². The molecule has 0 spiro atoms. The highest BCUT2D eigenvalue weighted by atomic mass is 16.2. The fraction of sp³-hybridized carbons (Fsp3) is 0.923. The van der Waals surface area contributed by atoms with Gasteiger partial charge in [0.1, 0.15) is 0 Å². The van der Waals surface area contributed by atoms with Crippen molar-refractivity contribution in [2.75, 3.05) is 6.54 Å². The number of fused-ring (bicyclic) bond motifs is 1. The highest BCUT2D eigenvalue weighted by Gasteiger charge is 2.49. The molecular formula is C13H21NO. The number of hydrogen-bond acceptors (Lipinski definition) is 1. The molecule has 3 rings (SSSR count). The minimum atomic E-state index is 0.404. The van der Waals surface area contributed by atoms with Gasteiger partial charge in [-0.1, -0.05) is 6.92 Å². The van der Waals surface area contributed by atoms with Gasteiger partial charge in [-0.15, -0.1) is 0 Å². The SMILES string of the molecule is CCCN(C(=O)C1CC2CC2C1)C1CC1. The van der Waals surface area contributed by atoms with Gasteiger partial charge in [-0.2, -0.15) is 0 Å². The highest BCUT2D eigenvalue weighted by Crippen LogP contribution is 2.54. The van der Waals surface area contributed by atoms with Crippen molar-refractivity contribution in [3.05, 3.63) is 0 Å². The van der Waals surface area contributed by atoms with E-state index in [-0.39, 0.29) is 0 Å². The second kappa shape index (κ2) is 3.50. The molecule has 3 aliphatic carbocycles. The zero-order chi connectivity index (χ0) is 10.4. The van der Waals surface area contributed by atoms with E-state index in [1.807, 2.05) is 0 Å². The standard InChI is InChI=1S/C13H21NO/c1-2-5-14(12-3-4-12)13(15)11-7-9-6-10(9)8-11/h9-12H,2-8H2,1H3. The number of carbonyl (C=O) groups excluding carboxylic acids is 1. The molecule has 2 heteroatoms. The van der Waals surface area contributed by atoms with Crippen LogP contribution in [0.3, 0.4) is 0 Å². The van der Waals surface area contributed by atoms with Crippen LogP contribution in [0.2, 0.25) is 0 Å². The van der Waals surface area contributed by atoms with Crippen molar-refractivity contribution in [3.8, 4) is 0 Å². The molecule has 0 saturated heterocycles. The van der Waals surface area contributed by atoms with Crippen LogP contribution in [-0.4, -0.2) is 23.4 Å². The van der Waals surface area contributed by atoms with Gasteiger partial charge in [0.2, 0.25) is 5.91 Å². The number of carbonyl (C=O) groups is 1. The van der Waals surface area contributed by atoms with E-state index in [0.29, 0.717) is 17.9 Å². The summed E-state index contributed by atoms with van der Waals surface area (Å²) >= 11 is 0. The number of hydrogen-bond donors (Lipinski definition) is 0. The Labute approximate surface area is 92.0 Å². The Bertz CT molecular complexity index is 262. The summed E-state index contributed by atoms with van der Waals surface area (Å²) < 4.78 is 0. The topological polar surface area (TPSA) is 20.3 Å². The van der Waals surface area contributed by atoms with Gasteiger partial charge in [-0.25, -0.2) is 0 Å². The second-order valence-electron chi connectivity index (χ2n) is 5.69. The predicted molar refractivity (Wildman–Crippen MR) is 59.3 cm³/mol. The van der Waals surface area contributed by atoms with Gasteiger partial charge < -0.3 is 4.90 Å². The van der Waals surface area contributed by atoms with Crippen molar-refractivity contribution in [3.63, 3.8) is 0 Å². The molecule has 2 nitrogen and oxygen atoms in total. The molecule has 0 bridgehead atoms. The molecule has 2 atom stereocenters. The molecule has 0 N–H and O–H groups in total. The monoisotopic (exact) mass is 207 g/mol. The maximum absolute atomic E-state index is 12.3. The van der Waals surface area contributed by atoms with Crippen LogP contribution in [0.5, 0.6) is 0 Å². The van der Waals surface area contributed by atoms with Crippen LogP contribution < -0.4 is 0 Å². The lowest BCUT2D eigenvalue weighted by molar-refractivity contribution is -0.136. The summed E-state index contributed by atoms with van der Waals surface area (Å²) in [6, 6.07) is 0.620. The van der Waals surface area contributed by atoms with Crippen molar-refractivity contribution >= 4 is 5.91 Å². The van der Waals surface area contributed by atoms with E-state index >= 15 is 0 Å². The summed E-state index contributed by atoms with van der Waals surface area (Å²) in [4.78, 5) is 14.5. The van der Waals surface area contributed by atoms with Crippen molar-refractivity contribution in [2.45, 2.75) is 51.5 Å². The van der Waals surface area contributed by atoms with Crippen LogP contribution in [0.4, 0.5) is 0 Å². The van der Waals surface area contributed by atoms with Crippen molar-refractivity contribution in [1.82, 2.24) is 4.90 Å². The van der Waals surface area contributed by atoms with E-state index < -0.39 is 0 Å². The summed E-state index contributed by atoms with van der Waals surface area (Å²) in [5.41, 5.74) is 0. The molecule has 15 heavy (non-hydrogen) atoms. The summed E-state index contributed by atoms with van der Waals surface area (Å²) in [6.45, 7) is 3.17. The summed E-state index contributed by atoms with van der Waals surface area (Å²) in [5.74, 6) is 2.76. The van der Waals surface area contributed by atoms with Crippen molar-refractivity contribution < 1.29 is 4.79 Å². The Morgan fingerprint density at radius 2 is 1.87 bits per heavy atom. The Balaban J connectivity index is 1.60. The minimum Gasteiger partial charge on any atom is -0.339 e. The van der Waals surface area contributed by atoms with Crippen LogP contribution in [-0.2, 0) is 4.79 Å². The van der Waals surface area contributed by atoms with E-state index in [9.17, 15) is 4.79 Å². The zero-order valence-corrected chi connectivity index (χ0v) is 9.61. The molecule has 3 saturated carbocycles. The van der Waals surface area contributed by atoms with Gasteiger partial charge >= 0.3 is 0 Å². The van der Waals surface area contributed by atoms with Gasteiger partial charge in [0, 0.05) is 18.5 Å².